The Morgan fingerprint density at radius 3 is 1.65 bits per heavy atom. The molecule has 0 saturated heterocycles. The Morgan fingerprint density at radius 2 is 1.09 bits per heavy atom. The van der Waals surface area contributed by atoms with Gasteiger partial charge in [0, 0.05) is 4.83 Å². The predicted molar refractivity (Wildman–Crippen MR) is 104 cm³/mol. The summed E-state index contributed by atoms with van der Waals surface area (Å²) in [5.41, 5.74) is 5.20. The van der Waals surface area contributed by atoms with Crippen molar-refractivity contribution in [3.05, 3.63) is 107 Å². The topological polar surface area (TPSA) is 0 Å². The number of benzene rings is 3. The van der Waals surface area contributed by atoms with Crippen molar-refractivity contribution in [3.8, 4) is 0 Å². The van der Waals surface area contributed by atoms with Gasteiger partial charge in [-0.2, -0.15) is 0 Å². The van der Waals surface area contributed by atoms with Crippen molar-refractivity contribution < 1.29 is 0 Å². The maximum atomic E-state index is 4.03. The van der Waals surface area contributed by atoms with Crippen molar-refractivity contribution in [2.24, 2.45) is 0 Å². The van der Waals surface area contributed by atoms with Gasteiger partial charge in [0.1, 0.15) is 0 Å². The fourth-order valence-corrected chi connectivity index (χ4v) is 5.68. The highest BCUT2D eigenvalue weighted by Crippen LogP contribution is 2.58. The van der Waals surface area contributed by atoms with E-state index in [2.05, 4.69) is 117 Å². The maximum Gasteiger partial charge on any atom is 0.0593 e. The second-order valence-corrected chi connectivity index (χ2v) is 7.90. The smallest absolute Gasteiger partial charge is 0.0593 e. The van der Waals surface area contributed by atoms with Crippen molar-refractivity contribution in [1.29, 1.82) is 0 Å². The fraction of sp³-hybridized carbons (Fsp3) is 0.143. The quantitative estimate of drug-likeness (QED) is 0.425. The van der Waals surface area contributed by atoms with E-state index in [0.29, 0.717) is 0 Å². The lowest BCUT2D eigenvalue weighted by Gasteiger charge is -2.36. The van der Waals surface area contributed by atoms with Crippen LogP contribution in [-0.2, 0) is 5.41 Å². The molecule has 0 heterocycles. The van der Waals surface area contributed by atoms with Gasteiger partial charge in [-0.3, -0.25) is 0 Å². The maximum absolute atomic E-state index is 4.03. The minimum absolute atomic E-state index is 0.187. The molecule has 1 aliphatic carbocycles. The van der Waals surface area contributed by atoms with Gasteiger partial charge in [-0.15, -0.1) is 0 Å². The Balaban J connectivity index is 2.09. The first-order valence-corrected chi connectivity index (χ1v) is 9.58. The normalized spacial score (nSPS) is 21.8. The Hall–Kier alpha value is -1.38. The first-order chi connectivity index (χ1) is 11.3. The van der Waals surface area contributed by atoms with E-state index in [1.807, 2.05) is 0 Å². The van der Waals surface area contributed by atoms with Crippen LogP contribution < -0.4 is 0 Å². The SMILES string of the molecule is Br[C@@H]1c2ccccc2C(c2ccccc2)(c2ccccc2)[C@H]1Br. The molecule has 3 aromatic carbocycles. The van der Waals surface area contributed by atoms with Gasteiger partial charge in [-0.25, -0.2) is 0 Å². The molecule has 2 atom stereocenters. The third-order valence-corrected chi connectivity index (χ3v) is 7.76. The molecule has 0 aliphatic heterocycles. The van der Waals surface area contributed by atoms with E-state index in [0.717, 1.165) is 0 Å². The highest BCUT2D eigenvalue weighted by atomic mass is 79.9. The average Bonchev–Trinajstić information content (AvgIpc) is 2.86. The minimum atomic E-state index is -0.187. The minimum Gasteiger partial charge on any atom is -0.0858 e. The predicted octanol–water partition coefficient (Wildman–Crippen LogP) is 6.23. The van der Waals surface area contributed by atoms with Crippen molar-refractivity contribution in [1.82, 2.24) is 0 Å². The van der Waals surface area contributed by atoms with Gasteiger partial charge < -0.3 is 0 Å². The summed E-state index contributed by atoms with van der Waals surface area (Å²) in [6, 6.07) is 30.4. The van der Waals surface area contributed by atoms with Crippen LogP contribution >= 0.6 is 31.9 Å². The van der Waals surface area contributed by atoms with E-state index in [-0.39, 0.29) is 15.1 Å². The lowest BCUT2D eigenvalue weighted by Crippen LogP contribution is -2.35. The van der Waals surface area contributed by atoms with Crippen LogP contribution in [0.2, 0.25) is 0 Å². The average molecular weight is 428 g/mol. The number of halogens is 2. The lowest BCUT2D eigenvalue weighted by atomic mass is 9.70. The summed E-state index contributed by atoms with van der Waals surface area (Å²) in [5.74, 6) is 0. The molecule has 0 fully saturated rings. The van der Waals surface area contributed by atoms with Crippen LogP contribution in [0, 0.1) is 0 Å². The molecule has 0 nitrogen and oxygen atoms in total. The Bertz CT molecular complexity index is 772. The van der Waals surface area contributed by atoms with Gasteiger partial charge in [-0.05, 0) is 22.3 Å². The van der Waals surface area contributed by atoms with E-state index in [1.165, 1.54) is 22.3 Å². The molecule has 0 saturated carbocycles. The van der Waals surface area contributed by atoms with Crippen molar-refractivity contribution in [2.75, 3.05) is 0 Å². The van der Waals surface area contributed by atoms with E-state index < -0.39 is 0 Å². The monoisotopic (exact) mass is 426 g/mol. The van der Waals surface area contributed by atoms with Crippen molar-refractivity contribution in [3.63, 3.8) is 0 Å². The number of hydrogen-bond acceptors (Lipinski definition) is 0. The van der Waals surface area contributed by atoms with Gasteiger partial charge in [0.2, 0.25) is 0 Å². The second-order valence-electron chi connectivity index (χ2n) is 5.93. The zero-order valence-electron chi connectivity index (χ0n) is 12.5. The van der Waals surface area contributed by atoms with Crippen LogP contribution in [0.1, 0.15) is 27.1 Å². The summed E-state index contributed by atoms with van der Waals surface area (Å²) in [5, 5.41) is 0. The molecule has 0 amide bonds. The highest BCUT2D eigenvalue weighted by Gasteiger charge is 2.52. The first-order valence-electron chi connectivity index (χ1n) is 7.75. The number of fused-ring (bicyclic) bond motifs is 1. The Kier molecular flexibility index (Phi) is 3.90. The summed E-state index contributed by atoms with van der Waals surface area (Å²) < 4.78 is 0. The van der Waals surface area contributed by atoms with E-state index >= 15 is 0 Å². The van der Waals surface area contributed by atoms with E-state index in [4.69, 9.17) is 0 Å². The molecule has 3 aromatic rings. The molecule has 0 bridgehead atoms. The fourth-order valence-electron chi connectivity index (χ4n) is 3.82. The zero-order chi connectivity index (χ0) is 15.9. The summed E-state index contributed by atoms with van der Waals surface area (Å²) in [4.78, 5) is 0.524. The molecule has 0 radical (unpaired) electrons. The Labute approximate surface area is 153 Å². The third kappa shape index (κ3) is 2.15. The molecule has 23 heavy (non-hydrogen) atoms. The van der Waals surface area contributed by atoms with Crippen molar-refractivity contribution in [2.45, 2.75) is 15.1 Å². The highest BCUT2D eigenvalue weighted by molar-refractivity contribution is 9.12. The van der Waals surface area contributed by atoms with Crippen LogP contribution in [0.25, 0.3) is 0 Å². The van der Waals surface area contributed by atoms with E-state index in [1.54, 1.807) is 0 Å². The molecule has 1 aliphatic rings. The van der Waals surface area contributed by atoms with Crippen molar-refractivity contribution >= 4 is 31.9 Å². The number of alkyl halides is 2. The molecular weight excluding hydrogens is 412 g/mol. The summed E-state index contributed by atoms with van der Waals surface area (Å²) >= 11 is 7.96. The second kappa shape index (κ2) is 5.92. The molecule has 4 rings (SSSR count). The number of rotatable bonds is 2. The Morgan fingerprint density at radius 1 is 0.609 bits per heavy atom. The molecule has 0 aromatic heterocycles. The largest absolute Gasteiger partial charge is 0.0858 e. The summed E-state index contributed by atoms with van der Waals surface area (Å²) in [6.45, 7) is 0. The standard InChI is InChI=1S/C21H16Br2/c22-19-17-13-7-8-14-18(17)21(20(19)23,15-9-3-1-4-10-15)16-11-5-2-6-12-16/h1-14,19-20H/t19-,20+/m1/s1. The zero-order valence-corrected chi connectivity index (χ0v) is 15.7. The number of hydrogen-bond donors (Lipinski definition) is 0. The molecule has 0 N–H and O–H groups in total. The van der Waals surface area contributed by atoms with Gasteiger partial charge >= 0.3 is 0 Å². The molecule has 114 valence electrons. The molecule has 2 heteroatoms. The first kappa shape index (κ1) is 15.2. The molecule has 0 unspecified atom stereocenters. The summed E-state index contributed by atoms with van der Waals surface area (Å²) in [7, 11) is 0. The van der Waals surface area contributed by atoms with Gasteiger partial charge in [0.05, 0.1) is 10.2 Å². The van der Waals surface area contributed by atoms with Crippen LogP contribution in [0.3, 0.4) is 0 Å². The molecule has 0 spiro atoms. The van der Waals surface area contributed by atoms with Gasteiger partial charge in [0.15, 0.2) is 0 Å². The van der Waals surface area contributed by atoms with Crippen LogP contribution in [0.5, 0.6) is 0 Å². The van der Waals surface area contributed by atoms with E-state index in [9.17, 15) is 0 Å². The molecular formula is C21H16Br2. The van der Waals surface area contributed by atoms with Gasteiger partial charge in [0.25, 0.3) is 0 Å². The lowest BCUT2D eigenvalue weighted by molar-refractivity contribution is 0.633. The van der Waals surface area contributed by atoms with Crippen LogP contribution in [0.4, 0.5) is 0 Å². The summed E-state index contributed by atoms with van der Waals surface area (Å²) in [6.07, 6.45) is 0. The van der Waals surface area contributed by atoms with Gasteiger partial charge in [-0.1, -0.05) is 117 Å². The van der Waals surface area contributed by atoms with Crippen LogP contribution in [0.15, 0.2) is 84.9 Å². The van der Waals surface area contributed by atoms with Crippen LogP contribution in [-0.4, -0.2) is 4.83 Å². The third-order valence-electron chi connectivity index (χ3n) is 4.81.